The number of pyridine rings is 1. The van der Waals surface area contributed by atoms with Crippen LogP contribution in [0.5, 0.6) is 0 Å². The molecule has 3 aromatic rings. The van der Waals surface area contributed by atoms with E-state index in [-0.39, 0.29) is 17.6 Å². The van der Waals surface area contributed by atoms with Gasteiger partial charge in [-0.1, -0.05) is 25.5 Å². The van der Waals surface area contributed by atoms with Gasteiger partial charge in [0.2, 0.25) is 5.95 Å². The zero-order chi connectivity index (χ0) is 24.9. The molecule has 3 heterocycles. The summed E-state index contributed by atoms with van der Waals surface area (Å²) >= 11 is 0. The standard InChI is InChI=1S/C28H37N5O3/c1-2-3-12-29-28-30-17-24-26(31-28)25(21-6-10-23(34)11-7-21)19-33(27(24)35)22-8-4-20(5-9-22)18-32-13-15-36-16-14-32/h4-5,8-9,17,19,21,23,34H,2-3,6-7,10-16,18H2,1H3,(H,29,30,31). The Hall–Kier alpha value is -2.81. The van der Waals surface area contributed by atoms with Crippen LogP contribution in [-0.4, -0.2) is 63.5 Å². The molecule has 0 unspecified atom stereocenters. The number of nitrogens with zero attached hydrogens (tertiary/aromatic N) is 4. The van der Waals surface area contributed by atoms with E-state index in [9.17, 15) is 9.90 Å². The molecule has 8 nitrogen and oxygen atoms in total. The van der Waals surface area contributed by atoms with Gasteiger partial charge < -0.3 is 15.2 Å². The number of hydrogen-bond acceptors (Lipinski definition) is 7. The fourth-order valence-electron chi connectivity index (χ4n) is 5.27. The number of morpholine rings is 1. The smallest absolute Gasteiger partial charge is 0.266 e. The van der Waals surface area contributed by atoms with Crippen LogP contribution < -0.4 is 10.9 Å². The molecular weight excluding hydrogens is 454 g/mol. The minimum absolute atomic E-state index is 0.106. The monoisotopic (exact) mass is 491 g/mol. The summed E-state index contributed by atoms with van der Waals surface area (Å²) in [4.78, 5) is 25.2. The topological polar surface area (TPSA) is 92.5 Å². The first kappa shape index (κ1) is 24.9. The molecule has 2 N–H and O–H groups in total. The number of aliphatic hydroxyl groups is 1. The average Bonchev–Trinajstić information content (AvgIpc) is 2.91. The highest BCUT2D eigenvalue weighted by Crippen LogP contribution is 2.35. The number of fused-ring (bicyclic) bond motifs is 1. The highest BCUT2D eigenvalue weighted by Gasteiger charge is 2.25. The number of benzene rings is 1. The van der Waals surface area contributed by atoms with Crippen LogP contribution in [0, 0.1) is 0 Å². The maximum absolute atomic E-state index is 13.6. The highest BCUT2D eigenvalue weighted by atomic mass is 16.5. The van der Waals surface area contributed by atoms with Gasteiger partial charge in [-0.3, -0.25) is 14.3 Å². The molecule has 8 heteroatoms. The molecule has 2 aliphatic rings. The van der Waals surface area contributed by atoms with Crippen LogP contribution in [0.15, 0.2) is 41.5 Å². The van der Waals surface area contributed by atoms with Crippen LogP contribution >= 0.6 is 0 Å². The Kier molecular flexibility index (Phi) is 7.94. The summed E-state index contributed by atoms with van der Waals surface area (Å²) in [5.74, 6) is 0.819. The molecule has 0 radical (unpaired) electrons. The summed E-state index contributed by atoms with van der Waals surface area (Å²) in [6.45, 7) is 7.29. The molecule has 1 aliphatic carbocycles. The van der Waals surface area contributed by atoms with Crippen molar-refractivity contribution in [2.24, 2.45) is 0 Å². The van der Waals surface area contributed by atoms with Gasteiger partial charge >= 0.3 is 0 Å². The second kappa shape index (κ2) is 11.5. The maximum atomic E-state index is 13.6. The molecule has 1 aliphatic heterocycles. The van der Waals surface area contributed by atoms with E-state index in [1.165, 1.54) is 5.56 Å². The third-order valence-corrected chi connectivity index (χ3v) is 7.45. The van der Waals surface area contributed by atoms with E-state index in [0.29, 0.717) is 11.3 Å². The van der Waals surface area contributed by atoms with Gasteiger partial charge in [0.05, 0.1) is 30.2 Å². The van der Waals surface area contributed by atoms with Crippen molar-refractivity contribution in [3.63, 3.8) is 0 Å². The van der Waals surface area contributed by atoms with Crippen LogP contribution in [0.1, 0.15) is 62.5 Å². The Bertz CT molecular complexity index is 1210. The van der Waals surface area contributed by atoms with Crippen molar-refractivity contribution < 1.29 is 9.84 Å². The molecule has 0 amide bonds. The second-order valence-corrected chi connectivity index (χ2v) is 10.1. The number of rotatable bonds is 8. The zero-order valence-corrected chi connectivity index (χ0v) is 21.2. The summed E-state index contributed by atoms with van der Waals surface area (Å²) in [5, 5.41) is 13.9. The van der Waals surface area contributed by atoms with Crippen molar-refractivity contribution in [1.82, 2.24) is 19.4 Å². The quantitative estimate of drug-likeness (QED) is 0.463. The minimum atomic E-state index is -0.238. The van der Waals surface area contributed by atoms with Gasteiger partial charge in [0, 0.05) is 44.3 Å². The Morgan fingerprint density at radius 1 is 1.11 bits per heavy atom. The Balaban J connectivity index is 1.49. The average molecular weight is 492 g/mol. The number of aliphatic hydroxyl groups excluding tert-OH is 1. The predicted octanol–water partition coefficient (Wildman–Crippen LogP) is 3.84. The lowest BCUT2D eigenvalue weighted by Crippen LogP contribution is -2.35. The number of anilines is 1. The van der Waals surface area contributed by atoms with Crippen molar-refractivity contribution in [3.8, 4) is 5.69 Å². The van der Waals surface area contributed by atoms with Gasteiger partial charge in [0.1, 0.15) is 0 Å². The first-order valence-electron chi connectivity index (χ1n) is 13.4. The molecule has 5 rings (SSSR count). The molecule has 36 heavy (non-hydrogen) atoms. The summed E-state index contributed by atoms with van der Waals surface area (Å²) in [7, 11) is 0. The molecule has 1 aromatic carbocycles. The Morgan fingerprint density at radius 3 is 2.58 bits per heavy atom. The minimum Gasteiger partial charge on any atom is -0.393 e. The van der Waals surface area contributed by atoms with Gasteiger partial charge in [-0.15, -0.1) is 0 Å². The zero-order valence-electron chi connectivity index (χ0n) is 21.2. The largest absolute Gasteiger partial charge is 0.393 e. The number of nitrogens with one attached hydrogen (secondary N) is 1. The number of unbranched alkanes of at least 4 members (excludes halogenated alkanes) is 1. The second-order valence-electron chi connectivity index (χ2n) is 10.1. The fraction of sp³-hybridized carbons (Fsp3) is 0.536. The number of ether oxygens (including phenoxy) is 1. The first-order chi connectivity index (χ1) is 17.6. The van der Waals surface area contributed by atoms with Crippen LogP contribution in [-0.2, 0) is 11.3 Å². The lowest BCUT2D eigenvalue weighted by molar-refractivity contribution is 0.0342. The van der Waals surface area contributed by atoms with Gasteiger partial charge in [-0.05, 0) is 61.3 Å². The maximum Gasteiger partial charge on any atom is 0.266 e. The third-order valence-electron chi connectivity index (χ3n) is 7.45. The SMILES string of the molecule is CCCCNc1ncc2c(=O)n(-c3ccc(CN4CCOCC4)cc3)cc(C3CCC(O)CC3)c2n1. The summed E-state index contributed by atoms with van der Waals surface area (Å²) < 4.78 is 7.20. The molecular formula is C28H37N5O3. The Morgan fingerprint density at radius 2 is 1.86 bits per heavy atom. The highest BCUT2D eigenvalue weighted by molar-refractivity contribution is 5.82. The van der Waals surface area contributed by atoms with Crippen molar-refractivity contribution in [1.29, 1.82) is 0 Å². The molecule has 1 saturated carbocycles. The number of aromatic nitrogens is 3. The molecule has 2 fully saturated rings. The van der Waals surface area contributed by atoms with E-state index >= 15 is 0 Å². The van der Waals surface area contributed by atoms with Crippen LogP contribution in [0.4, 0.5) is 5.95 Å². The first-order valence-corrected chi connectivity index (χ1v) is 13.4. The van der Waals surface area contributed by atoms with Crippen LogP contribution in [0.25, 0.3) is 16.6 Å². The van der Waals surface area contributed by atoms with E-state index in [4.69, 9.17) is 9.72 Å². The normalized spacial score (nSPS) is 21.1. The lowest BCUT2D eigenvalue weighted by atomic mass is 9.82. The fourth-order valence-corrected chi connectivity index (χ4v) is 5.27. The molecule has 0 bridgehead atoms. The van der Waals surface area contributed by atoms with Crippen molar-refractivity contribution in [2.75, 3.05) is 38.2 Å². The predicted molar refractivity (Wildman–Crippen MR) is 142 cm³/mol. The summed E-state index contributed by atoms with van der Waals surface area (Å²) in [5.41, 5.74) is 3.76. The van der Waals surface area contributed by atoms with Gasteiger partial charge in [-0.2, -0.15) is 0 Å². The number of hydrogen-bond donors (Lipinski definition) is 2. The van der Waals surface area contributed by atoms with Crippen molar-refractivity contribution in [3.05, 3.63) is 58.1 Å². The van der Waals surface area contributed by atoms with E-state index < -0.39 is 0 Å². The molecule has 2 aromatic heterocycles. The third kappa shape index (κ3) is 5.61. The van der Waals surface area contributed by atoms with E-state index in [0.717, 1.165) is 94.7 Å². The lowest BCUT2D eigenvalue weighted by Gasteiger charge is -2.27. The van der Waals surface area contributed by atoms with Crippen molar-refractivity contribution >= 4 is 16.9 Å². The van der Waals surface area contributed by atoms with Crippen LogP contribution in [0.2, 0.25) is 0 Å². The van der Waals surface area contributed by atoms with Gasteiger partial charge in [0.25, 0.3) is 5.56 Å². The van der Waals surface area contributed by atoms with E-state index in [2.05, 4.69) is 34.3 Å². The van der Waals surface area contributed by atoms with Crippen molar-refractivity contribution in [2.45, 2.75) is 64.0 Å². The van der Waals surface area contributed by atoms with Gasteiger partial charge in [-0.25, -0.2) is 9.97 Å². The summed E-state index contributed by atoms with van der Waals surface area (Å²) in [6, 6.07) is 8.27. The summed E-state index contributed by atoms with van der Waals surface area (Å²) in [6.07, 6.45) is 8.85. The van der Waals surface area contributed by atoms with Gasteiger partial charge in [0.15, 0.2) is 0 Å². The molecule has 0 atom stereocenters. The van der Waals surface area contributed by atoms with E-state index in [1.54, 1.807) is 10.8 Å². The molecule has 192 valence electrons. The Labute approximate surface area is 212 Å². The molecule has 1 saturated heterocycles. The van der Waals surface area contributed by atoms with E-state index in [1.807, 2.05) is 18.3 Å². The van der Waals surface area contributed by atoms with Crippen LogP contribution in [0.3, 0.4) is 0 Å². The molecule has 0 spiro atoms.